The molecule has 2 aliphatic carbocycles. The van der Waals surface area contributed by atoms with Gasteiger partial charge >= 0.3 is 7.60 Å². The molecule has 0 aromatic rings. The Bertz CT molecular complexity index is 2030. The molecule has 434 valence electrons. The molecule has 2 saturated carbocycles. The Morgan fingerprint density at radius 2 is 1.18 bits per heavy atom. The summed E-state index contributed by atoms with van der Waals surface area (Å²) in [6.07, 6.45) is 7.92. The third kappa shape index (κ3) is 13.0. The molecule has 10 aliphatic rings. The van der Waals surface area contributed by atoms with Crippen molar-refractivity contribution in [1.29, 1.82) is 0 Å². The molecule has 21 nitrogen and oxygen atoms in total. The summed E-state index contributed by atoms with van der Waals surface area (Å²) in [5.74, 6) is -1.10. The van der Waals surface area contributed by atoms with E-state index in [0.29, 0.717) is 81.6 Å². The number of nitrogens with one attached hydrogen (secondary N) is 2. The average Bonchev–Trinajstić information content (AvgIpc) is 3.87. The average molecular weight is 1100 g/mol. The normalized spacial score (nSPS) is 38.3. The van der Waals surface area contributed by atoms with E-state index in [2.05, 4.69) is 38.3 Å². The molecule has 4 bridgehead atoms. The number of carbonyl (C=O) groups is 4. The van der Waals surface area contributed by atoms with Gasteiger partial charge in [0, 0.05) is 82.6 Å². The molecule has 0 aromatic heterocycles. The molecule has 10 fully saturated rings. The Morgan fingerprint density at radius 3 is 1.80 bits per heavy atom. The summed E-state index contributed by atoms with van der Waals surface area (Å²) in [4.78, 5) is 79.0. The molecule has 8 heterocycles. The van der Waals surface area contributed by atoms with Gasteiger partial charge in [-0.25, -0.2) is 24.6 Å². The lowest BCUT2D eigenvalue weighted by Gasteiger charge is -2.60. The summed E-state index contributed by atoms with van der Waals surface area (Å²) in [6, 6.07) is 0. The van der Waals surface area contributed by atoms with Crippen LogP contribution in [0.4, 0.5) is 0 Å². The van der Waals surface area contributed by atoms with Crippen LogP contribution in [0.1, 0.15) is 165 Å². The van der Waals surface area contributed by atoms with Crippen molar-refractivity contribution >= 4 is 31.2 Å². The summed E-state index contributed by atoms with van der Waals surface area (Å²) in [5, 5.41) is 17.0. The SMILES string of the molecule is CCOP(=O)(CCCN(O)C(=O)CCC(=O)N(CCCCNC(=O)CC[C@@H]1O[C@@H]2O[C@@]3(C)CC[C@@H]4[C@@H](C)CC[C@@H]([C@@H]1C)[C@]24OO3)CCCNC(=O)CCO[C@H]1O[C@@H]2O[C@]3(C)CC[C@H]4[C@H](C)CC[C@@H]([C@H]1C)[C@@]24OO3)OCC. The molecule has 2 spiro atoms. The van der Waals surface area contributed by atoms with Crippen LogP contribution in [0.2, 0.25) is 0 Å². The quantitative estimate of drug-likeness (QED) is 0.0237. The van der Waals surface area contributed by atoms with E-state index < -0.39 is 55.1 Å². The number of hydrogen-bond acceptors (Lipinski definition) is 17. The Morgan fingerprint density at radius 1 is 0.632 bits per heavy atom. The number of nitrogens with zero attached hydrogens (tertiary/aromatic N) is 2. The highest BCUT2D eigenvalue weighted by Gasteiger charge is 2.71. The minimum absolute atomic E-state index is 0.0166. The van der Waals surface area contributed by atoms with E-state index in [9.17, 15) is 29.0 Å². The van der Waals surface area contributed by atoms with E-state index >= 15 is 0 Å². The molecule has 8 saturated heterocycles. The molecule has 8 aliphatic heterocycles. The summed E-state index contributed by atoms with van der Waals surface area (Å²) in [7, 11) is -3.35. The van der Waals surface area contributed by atoms with Gasteiger partial charge in [0.25, 0.3) is 0 Å². The first kappa shape index (κ1) is 59.7. The zero-order valence-corrected chi connectivity index (χ0v) is 47.5. The van der Waals surface area contributed by atoms with Crippen LogP contribution in [0.15, 0.2) is 0 Å². The van der Waals surface area contributed by atoms with Crippen molar-refractivity contribution in [1.82, 2.24) is 20.6 Å². The van der Waals surface area contributed by atoms with E-state index in [1.54, 1.807) is 18.7 Å². The van der Waals surface area contributed by atoms with Crippen molar-refractivity contribution in [2.45, 2.75) is 212 Å². The number of carbonyl (C=O) groups excluding carboxylic acids is 4. The van der Waals surface area contributed by atoms with Crippen molar-refractivity contribution in [2.24, 2.45) is 47.3 Å². The number of hydroxylamine groups is 2. The van der Waals surface area contributed by atoms with Gasteiger partial charge in [-0.05, 0) is 128 Å². The van der Waals surface area contributed by atoms with Crippen LogP contribution in [-0.4, -0.2) is 145 Å². The number of unbranched alkanes of at least 4 members (excludes halogenated alkanes) is 1. The number of fused-ring (bicyclic) bond motifs is 4. The zero-order chi connectivity index (χ0) is 54.5. The molecule has 76 heavy (non-hydrogen) atoms. The molecule has 16 atom stereocenters. The minimum atomic E-state index is -3.35. The third-order valence-electron chi connectivity index (χ3n) is 18.4. The fourth-order valence-corrected chi connectivity index (χ4v) is 15.9. The van der Waals surface area contributed by atoms with E-state index in [-0.39, 0.29) is 118 Å². The molecule has 10 rings (SSSR count). The van der Waals surface area contributed by atoms with Gasteiger partial charge in [-0.2, -0.15) is 0 Å². The number of hydrogen-bond donors (Lipinski definition) is 3. The summed E-state index contributed by atoms with van der Waals surface area (Å²) in [6.45, 7) is 17.9. The van der Waals surface area contributed by atoms with Crippen molar-refractivity contribution in [3.63, 3.8) is 0 Å². The van der Waals surface area contributed by atoms with Crippen molar-refractivity contribution < 1.29 is 81.2 Å². The van der Waals surface area contributed by atoms with Crippen LogP contribution >= 0.6 is 7.60 Å². The Balaban J connectivity index is 0.776. The second-order valence-corrected chi connectivity index (χ2v) is 25.7. The van der Waals surface area contributed by atoms with Gasteiger partial charge in [0.2, 0.25) is 35.2 Å². The van der Waals surface area contributed by atoms with Gasteiger partial charge in [0.1, 0.15) is 0 Å². The first-order valence-corrected chi connectivity index (χ1v) is 30.7. The van der Waals surface area contributed by atoms with Crippen LogP contribution in [0.5, 0.6) is 0 Å². The van der Waals surface area contributed by atoms with Crippen LogP contribution in [-0.2, 0) is 76.0 Å². The summed E-state index contributed by atoms with van der Waals surface area (Å²) in [5.41, 5.74) is -1.34. The molecule has 22 heteroatoms. The van der Waals surface area contributed by atoms with E-state index in [1.165, 1.54) is 0 Å². The van der Waals surface area contributed by atoms with E-state index in [1.807, 2.05) is 13.8 Å². The van der Waals surface area contributed by atoms with Crippen LogP contribution in [0.3, 0.4) is 0 Å². The lowest BCUT2D eigenvalue weighted by molar-refractivity contribution is -0.577. The highest BCUT2D eigenvalue weighted by Crippen LogP contribution is 2.62. The van der Waals surface area contributed by atoms with Gasteiger partial charge in [-0.15, -0.1) is 0 Å². The van der Waals surface area contributed by atoms with Gasteiger partial charge in [0.05, 0.1) is 38.5 Å². The first-order chi connectivity index (χ1) is 36.3. The first-order valence-electron chi connectivity index (χ1n) is 29.0. The molecule has 0 unspecified atom stereocenters. The molecular formula is C54H91N4O17P. The number of rotatable bonds is 27. The zero-order valence-electron chi connectivity index (χ0n) is 46.6. The maximum atomic E-state index is 13.7. The number of amides is 4. The summed E-state index contributed by atoms with van der Waals surface area (Å²) >= 11 is 0. The van der Waals surface area contributed by atoms with Crippen LogP contribution in [0.25, 0.3) is 0 Å². The Labute approximate surface area is 450 Å². The molecule has 3 N–H and O–H groups in total. The Hall–Kier alpha value is -2.37. The van der Waals surface area contributed by atoms with E-state index in [4.69, 9.17) is 52.3 Å². The largest absolute Gasteiger partial charge is 0.356 e. The maximum absolute atomic E-state index is 13.7. The monoisotopic (exact) mass is 1100 g/mol. The van der Waals surface area contributed by atoms with Gasteiger partial charge in [0.15, 0.2) is 30.1 Å². The highest BCUT2D eigenvalue weighted by atomic mass is 31.2. The van der Waals surface area contributed by atoms with Crippen molar-refractivity contribution in [3.05, 3.63) is 0 Å². The van der Waals surface area contributed by atoms with Gasteiger partial charge in [-0.1, -0.05) is 27.7 Å². The smallest absolute Gasteiger partial charge is 0.330 e. The fourth-order valence-electron chi connectivity index (χ4n) is 14.2. The van der Waals surface area contributed by atoms with E-state index in [0.717, 1.165) is 44.9 Å². The molecule has 0 aromatic carbocycles. The second kappa shape index (κ2) is 25.6. The predicted octanol–water partition coefficient (Wildman–Crippen LogP) is 7.52. The molecular weight excluding hydrogens is 1010 g/mol. The topological polar surface area (TPSA) is 238 Å². The summed E-state index contributed by atoms with van der Waals surface area (Å²) < 4.78 is 55.8. The number of ether oxygens (including phenoxy) is 5. The van der Waals surface area contributed by atoms with Crippen molar-refractivity contribution in [3.8, 4) is 0 Å². The van der Waals surface area contributed by atoms with Crippen LogP contribution < -0.4 is 10.6 Å². The van der Waals surface area contributed by atoms with Gasteiger partial charge < -0.3 is 48.3 Å². The maximum Gasteiger partial charge on any atom is 0.330 e. The minimum Gasteiger partial charge on any atom is -0.356 e. The third-order valence-corrected chi connectivity index (χ3v) is 20.6. The van der Waals surface area contributed by atoms with Gasteiger partial charge in [-0.3, -0.25) is 29.0 Å². The lowest BCUT2D eigenvalue weighted by atomic mass is 9.57. The lowest BCUT2D eigenvalue weighted by Crippen LogP contribution is -2.70. The second-order valence-electron chi connectivity index (χ2n) is 23.6. The van der Waals surface area contributed by atoms with Crippen LogP contribution in [0, 0.1) is 47.3 Å². The Kier molecular flexibility index (Phi) is 20.1. The predicted molar refractivity (Wildman–Crippen MR) is 273 cm³/mol. The molecule has 0 radical (unpaired) electrons. The van der Waals surface area contributed by atoms with Crippen molar-refractivity contribution in [2.75, 3.05) is 58.7 Å². The molecule has 4 amide bonds. The highest BCUT2D eigenvalue weighted by molar-refractivity contribution is 7.53. The fraction of sp³-hybridized carbons (Fsp3) is 0.926. The standard InChI is InChI=1S/C54H91N4O17P/c1-9-66-76(64,67-10-2)34-14-32-58(63)47(62)22-21-46(61)57(30-12-11-28-55-44(59)20-19-43-37(5)41-17-15-35(3)39-23-26-51(7)70-49(68-43)53(39,41)74-72-51)31-13-29-56-45(60)25-33-65-48-38(6)42-18-16-36(4)40-24-27-52(8)71-50(69-48)54(40,42)75-73-52/h35-43,48-50,63H,9-34H2,1-8H3,(H,55,59)(H,56,60)/t35-,36+,37-,38+,39+,40-,41-,42-,43-,48-,49+,50+,51+,52-,53-,54+/m0/s1.